The van der Waals surface area contributed by atoms with Gasteiger partial charge >= 0.3 is 42.6 Å². The Bertz CT molecular complexity index is 3340. The van der Waals surface area contributed by atoms with Crippen molar-refractivity contribution in [3.63, 3.8) is 0 Å². The molecule has 8 heterocycles. The van der Waals surface area contributed by atoms with Crippen molar-refractivity contribution >= 4 is 65.4 Å². The van der Waals surface area contributed by atoms with Gasteiger partial charge < -0.3 is 70.0 Å². The van der Waals surface area contributed by atoms with Gasteiger partial charge in [-0.05, 0) is 20.3 Å². The Morgan fingerprint density at radius 3 is 2.10 bits per heavy atom. The summed E-state index contributed by atoms with van der Waals surface area (Å²) >= 11 is 0. The summed E-state index contributed by atoms with van der Waals surface area (Å²) in [5, 5.41) is 32.8. The quantitative estimate of drug-likeness (QED) is 0.0232. The fraction of sp³-hybridized carbons (Fsp3) is 0.611. The second-order valence-corrected chi connectivity index (χ2v) is 23.7. The van der Waals surface area contributed by atoms with E-state index in [2.05, 4.69) is 33.5 Å². The molecule has 3 aliphatic rings. The van der Waals surface area contributed by atoms with E-state index in [4.69, 9.17) is 53.2 Å². The van der Waals surface area contributed by atoms with Gasteiger partial charge in [0.1, 0.15) is 54.6 Å². The number of aliphatic hydroxyl groups excluding tert-OH is 3. The molecule has 3 aliphatic heterocycles. The van der Waals surface area contributed by atoms with Gasteiger partial charge in [-0.25, -0.2) is 42.6 Å². The number of imidazole rings is 2. The van der Waals surface area contributed by atoms with Crippen molar-refractivity contribution in [3.05, 3.63) is 62.4 Å². The third-order valence-corrected chi connectivity index (χ3v) is 17.2. The highest BCUT2D eigenvalue weighted by Crippen LogP contribution is 2.68. The number of nitrogen functional groups attached to an aromatic ring is 2. The van der Waals surface area contributed by atoms with Crippen LogP contribution in [0.3, 0.4) is 0 Å². The number of nitrogens with zero attached hydrogens (tertiary/aromatic N) is 8. The standard InChI is InChI=1S/C36H52N12O25P4/c1-15(2)67-27-26(71-74(55,56)64-10-18-24(51)25(52)33(69-18)46-7-5-20(49)42-36(46)54)19(70-34(27)47-13-41-21-28(37)39-12-40-29(21)47)11-66-76(59,60)73-77(61,62)72-75(57,58)65-9-17-16(6-8-63-4)23(50)32(68-17)48-14-45(3)22-30(48)43-35(38)44-31(22)53/h5,7,12-19,23-27,32-34,50-52H,6,8-11H2,1-4H3,(H9-,37,38,39,40,42,43,44,49,53,54,55,56,57,58,59,60,61,62)/p+1/t16-,17-,18-,19-,23-,24-,25-,26-,27-,32-,33-,34-/m1/s1. The molecular weight excluding hydrogens is 1120 g/mol. The summed E-state index contributed by atoms with van der Waals surface area (Å²) in [6.45, 7) is -0.101. The first-order chi connectivity index (χ1) is 36.1. The largest absolute Gasteiger partial charge is 0.490 e. The number of methoxy groups -OCH3 is 1. The molecule has 426 valence electrons. The lowest BCUT2D eigenvalue weighted by molar-refractivity contribution is -0.745. The predicted octanol–water partition coefficient (Wildman–Crippen LogP) is -2.81. The van der Waals surface area contributed by atoms with Gasteiger partial charge in [-0.2, -0.15) is 8.62 Å². The van der Waals surface area contributed by atoms with E-state index in [9.17, 15) is 67.5 Å². The first-order valence-corrected chi connectivity index (χ1v) is 28.6. The molecule has 37 nitrogen and oxygen atoms in total. The lowest BCUT2D eigenvalue weighted by Crippen LogP contribution is -2.45. The van der Waals surface area contributed by atoms with Crippen molar-refractivity contribution in [2.75, 3.05) is 45.0 Å². The number of aromatic amines is 2. The molecule has 16 atom stereocenters. The molecule has 0 saturated carbocycles. The van der Waals surface area contributed by atoms with Crippen LogP contribution in [0.15, 0.2) is 45.6 Å². The number of aliphatic hydroxyl groups is 3. The van der Waals surface area contributed by atoms with Crippen LogP contribution in [0.5, 0.6) is 0 Å². The van der Waals surface area contributed by atoms with E-state index < -0.39 is 147 Å². The summed E-state index contributed by atoms with van der Waals surface area (Å²) in [6, 6.07) is 0.930. The topological polar surface area (TPSA) is 516 Å². The average Bonchev–Trinajstić information content (AvgIpc) is 4.14. The SMILES string of the molecule is COCC[C@H]1[C@@H](O)[C@H]([n+]2cn(C)c3c(=O)[nH]c(N)nc32)O[C@@H]1COP(=O)(O)OP(=O)(O)OP(=O)(O)OC[C@H]1O[C@@H](n2cnc3c(N)ncnc32)[C@H](OC(C)C)[C@@H]1OP(=O)(O)OC[C@H]1O[C@@H](n2ccc(=O)[nH]c2=O)[C@H](O)[C@@H]1O. The molecule has 77 heavy (non-hydrogen) atoms. The lowest BCUT2D eigenvalue weighted by atomic mass is 9.95. The molecule has 5 aromatic rings. The maximum atomic E-state index is 13.8. The van der Waals surface area contributed by atoms with Crippen LogP contribution in [0.1, 0.15) is 39.0 Å². The Hall–Kier alpha value is -4.62. The van der Waals surface area contributed by atoms with Crippen molar-refractivity contribution in [3.8, 4) is 0 Å². The number of hydrogen-bond acceptors (Lipinski definition) is 27. The molecular formula is C36H53N12O25P4+. The fourth-order valence-corrected chi connectivity index (χ4v) is 13.2. The van der Waals surface area contributed by atoms with Crippen molar-refractivity contribution in [1.82, 2.24) is 43.6 Å². The number of ether oxygens (including phenoxy) is 5. The van der Waals surface area contributed by atoms with Crippen LogP contribution >= 0.6 is 31.3 Å². The Morgan fingerprint density at radius 2 is 1.44 bits per heavy atom. The number of nitrogens with one attached hydrogen (secondary N) is 2. The fourth-order valence-electron chi connectivity index (χ4n) is 8.69. The molecule has 0 aromatic carbocycles. The highest BCUT2D eigenvalue weighted by Gasteiger charge is 2.54. The summed E-state index contributed by atoms with van der Waals surface area (Å²) in [6.07, 6.45) is -13.9. The number of nitrogens with two attached hydrogens (primary N) is 2. The van der Waals surface area contributed by atoms with Gasteiger partial charge in [-0.15, -0.1) is 0 Å². The van der Waals surface area contributed by atoms with Gasteiger partial charge in [0.15, 0.2) is 30.2 Å². The van der Waals surface area contributed by atoms with Crippen molar-refractivity contribution < 1.29 is 108 Å². The number of rotatable bonds is 23. The second-order valence-electron chi connectivity index (χ2n) is 17.6. The van der Waals surface area contributed by atoms with Crippen LogP contribution in [0.2, 0.25) is 0 Å². The maximum absolute atomic E-state index is 13.8. The Balaban J connectivity index is 0.962. The van der Waals surface area contributed by atoms with Crippen molar-refractivity contribution in [2.24, 2.45) is 13.0 Å². The summed E-state index contributed by atoms with van der Waals surface area (Å²) in [5.74, 6) is -1.28. The third kappa shape index (κ3) is 13.0. The minimum absolute atomic E-state index is 0.00810. The van der Waals surface area contributed by atoms with E-state index in [0.717, 1.165) is 29.5 Å². The van der Waals surface area contributed by atoms with E-state index in [0.29, 0.717) is 0 Å². The highest BCUT2D eigenvalue weighted by molar-refractivity contribution is 7.66. The van der Waals surface area contributed by atoms with Gasteiger partial charge in [0.05, 0.1) is 45.4 Å². The zero-order valence-corrected chi connectivity index (χ0v) is 44.0. The van der Waals surface area contributed by atoms with Gasteiger partial charge in [0.25, 0.3) is 17.1 Å². The highest BCUT2D eigenvalue weighted by atomic mass is 31.3. The smallest absolute Gasteiger partial charge is 0.387 e. The lowest BCUT2D eigenvalue weighted by Gasteiger charge is -2.28. The van der Waals surface area contributed by atoms with E-state index in [1.807, 2.05) is 4.98 Å². The first-order valence-electron chi connectivity index (χ1n) is 22.6. The van der Waals surface area contributed by atoms with Crippen LogP contribution in [-0.4, -0.2) is 167 Å². The summed E-state index contributed by atoms with van der Waals surface area (Å²) in [4.78, 5) is 100. The molecule has 41 heteroatoms. The van der Waals surface area contributed by atoms with Gasteiger partial charge in [0, 0.05) is 31.9 Å². The Labute approximate surface area is 430 Å². The molecule has 4 unspecified atom stereocenters. The molecule has 0 radical (unpaired) electrons. The Kier molecular flexibility index (Phi) is 17.4. The predicted molar refractivity (Wildman–Crippen MR) is 251 cm³/mol. The Morgan fingerprint density at radius 1 is 0.792 bits per heavy atom. The van der Waals surface area contributed by atoms with Crippen LogP contribution in [0, 0.1) is 5.92 Å². The number of anilines is 2. The summed E-state index contributed by atoms with van der Waals surface area (Å²) in [7, 11) is -20.6. The number of phosphoric acid groups is 4. The van der Waals surface area contributed by atoms with Gasteiger partial charge in [-0.1, -0.05) is 4.98 Å². The van der Waals surface area contributed by atoms with Crippen LogP contribution in [-0.2, 0) is 75.7 Å². The monoisotopic (exact) mass is 1180 g/mol. The van der Waals surface area contributed by atoms with Crippen LogP contribution in [0.4, 0.5) is 11.8 Å². The number of hydrogen-bond donors (Lipinski definition) is 11. The van der Waals surface area contributed by atoms with Crippen LogP contribution in [0.25, 0.3) is 22.3 Å². The van der Waals surface area contributed by atoms with Crippen molar-refractivity contribution in [1.29, 1.82) is 0 Å². The number of fused-ring (bicyclic) bond motifs is 2. The van der Waals surface area contributed by atoms with Gasteiger partial charge in [-0.3, -0.25) is 51.4 Å². The third-order valence-electron chi connectivity index (χ3n) is 12.0. The minimum Gasteiger partial charge on any atom is -0.387 e. The number of aryl methyl sites for hydroxylation is 1. The molecule has 3 saturated heterocycles. The molecule has 0 aliphatic carbocycles. The molecule has 13 N–H and O–H groups in total. The first kappa shape index (κ1) is 58.5. The van der Waals surface area contributed by atoms with E-state index in [1.54, 1.807) is 0 Å². The van der Waals surface area contributed by atoms with Crippen molar-refractivity contribution in [2.45, 2.75) is 93.9 Å². The molecule has 0 bridgehead atoms. The molecule has 0 spiro atoms. The average molecular weight is 1180 g/mol. The van der Waals surface area contributed by atoms with E-state index in [-0.39, 0.29) is 47.1 Å². The zero-order valence-electron chi connectivity index (χ0n) is 40.4. The maximum Gasteiger partial charge on any atom is 0.490 e. The second kappa shape index (κ2) is 22.9. The van der Waals surface area contributed by atoms with Crippen LogP contribution < -0.4 is 32.8 Å². The summed E-state index contributed by atoms with van der Waals surface area (Å²) < 4.78 is 116. The van der Waals surface area contributed by atoms with E-state index >= 15 is 0 Å². The minimum atomic E-state index is -6.19. The van der Waals surface area contributed by atoms with Gasteiger partial charge in [0.2, 0.25) is 11.7 Å². The number of H-pyrrole nitrogens is 2. The van der Waals surface area contributed by atoms with E-state index in [1.165, 1.54) is 48.0 Å². The molecule has 0 amide bonds. The normalized spacial score (nSPS) is 30.0. The number of phosphoric ester groups is 3. The number of aromatic nitrogens is 10. The molecule has 3 fully saturated rings. The summed E-state index contributed by atoms with van der Waals surface area (Å²) in [5.41, 5.74) is 9.41. The molecule has 5 aromatic heterocycles. The zero-order chi connectivity index (χ0) is 56.1. The molecule has 8 rings (SSSR count).